The van der Waals surface area contributed by atoms with Crippen LogP contribution in [0.1, 0.15) is 11.1 Å². The summed E-state index contributed by atoms with van der Waals surface area (Å²) >= 11 is 9.65. The lowest BCUT2D eigenvalue weighted by Crippen LogP contribution is -2.25. The molecule has 20 heavy (non-hydrogen) atoms. The van der Waals surface area contributed by atoms with Crippen molar-refractivity contribution in [2.24, 2.45) is 5.73 Å². The summed E-state index contributed by atoms with van der Waals surface area (Å²) in [6.45, 7) is 0. The average molecular weight is 355 g/mol. The van der Waals surface area contributed by atoms with E-state index in [-0.39, 0.29) is 6.04 Å². The summed E-state index contributed by atoms with van der Waals surface area (Å²) in [5, 5.41) is 0.777. The van der Waals surface area contributed by atoms with Gasteiger partial charge < -0.3 is 10.5 Å². The van der Waals surface area contributed by atoms with Crippen molar-refractivity contribution in [3.63, 3.8) is 0 Å². The number of benzene rings is 2. The molecule has 0 aliphatic carbocycles. The summed E-state index contributed by atoms with van der Waals surface area (Å²) in [4.78, 5) is 0. The fourth-order valence-electron chi connectivity index (χ4n) is 2.16. The predicted molar refractivity (Wildman–Crippen MR) is 87.5 cm³/mol. The SMILES string of the molecule is COc1ccc(CC(N)Cc2ccccc2Cl)cc1Br. The lowest BCUT2D eigenvalue weighted by molar-refractivity contribution is 0.412. The minimum atomic E-state index is 0.0372. The molecule has 0 saturated carbocycles. The first-order valence-electron chi connectivity index (χ1n) is 6.41. The van der Waals surface area contributed by atoms with E-state index in [2.05, 4.69) is 15.9 Å². The molecular formula is C16H17BrClNO. The second-order valence-electron chi connectivity index (χ2n) is 4.73. The van der Waals surface area contributed by atoms with Crippen molar-refractivity contribution < 1.29 is 4.74 Å². The molecule has 0 saturated heterocycles. The molecule has 2 N–H and O–H groups in total. The lowest BCUT2D eigenvalue weighted by atomic mass is 10.00. The van der Waals surface area contributed by atoms with E-state index in [9.17, 15) is 0 Å². The molecule has 2 aromatic carbocycles. The van der Waals surface area contributed by atoms with Gasteiger partial charge in [0.05, 0.1) is 11.6 Å². The van der Waals surface area contributed by atoms with Crippen LogP contribution in [-0.4, -0.2) is 13.2 Å². The molecule has 0 aliphatic heterocycles. The van der Waals surface area contributed by atoms with Crippen molar-refractivity contribution >= 4 is 27.5 Å². The second-order valence-corrected chi connectivity index (χ2v) is 5.99. The molecule has 4 heteroatoms. The molecule has 2 rings (SSSR count). The molecule has 0 spiro atoms. The fourth-order valence-corrected chi connectivity index (χ4v) is 2.96. The third kappa shape index (κ3) is 3.98. The Labute approximate surface area is 133 Å². The van der Waals surface area contributed by atoms with E-state index >= 15 is 0 Å². The third-order valence-electron chi connectivity index (χ3n) is 3.15. The zero-order valence-electron chi connectivity index (χ0n) is 11.3. The van der Waals surface area contributed by atoms with Crippen LogP contribution in [0.4, 0.5) is 0 Å². The Morgan fingerprint density at radius 3 is 2.60 bits per heavy atom. The molecule has 1 atom stereocenters. The number of nitrogens with two attached hydrogens (primary N) is 1. The molecule has 2 aromatic rings. The molecule has 0 radical (unpaired) electrons. The van der Waals surface area contributed by atoms with Gasteiger partial charge in [-0.15, -0.1) is 0 Å². The fraction of sp³-hybridized carbons (Fsp3) is 0.250. The van der Waals surface area contributed by atoms with Crippen LogP contribution < -0.4 is 10.5 Å². The van der Waals surface area contributed by atoms with Crippen molar-refractivity contribution in [3.05, 3.63) is 63.1 Å². The van der Waals surface area contributed by atoms with Crippen molar-refractivity contribution in [1.29, 1.82) is 0 Å². The summed E-state index contributed by atoms with van der Waals surface area (Å²) in [5.74, 6) is 0.827. The van der Waals surface area contributed by atoms with Gasteiger partial charge in [-0.25, -0.2) is 0 Å². The van der Waals surface area contributed by atoms with E-state index in [0.29, 0.717) is 0 Å². The van der Waals surface area contributed by atoms with Gasteiger partial charge in [-0.05, 0) is 58.1 Å². The minimum absolute atomic E-state index is 0.0372. The standard InChI is InChI=1S/C16H17BrClNO/c1-20-16-7-6-11(9-14(16)17)8-13(19)10-12-4-2-3-5-15(12)18/h2-7,9,13H,8,10,19H2,1H3. The zero-order valence-corrected chi connectivity index (χ0v) is 13.6. The van der Waals surface area contributed by atoms with Crippen LogP contribution in [0.25, 0.3) is 0 Å². The highest BCUT2D eigenvalue weighted by Crippen LogP contribution is 2.26. The van der Waals surface area contributed by atoms with Crippen molar-refractivity contribution in [1.82, 2.24) is 0 Å². The van der Waals surface area contributed by atoms with Crippen molar-refractivity contribution in [3.8, 4) is 5.75 Å². The van der Waals surface area contributed by atoms with E-state index in [1.165, 1.54) is 5.56 Å². The molecule has 0 heterocycles. The molecule has 2 nitrogen and oxygen atoms in total. The van der Waals surface area contributed by atoms with E-state index < -0.39 is 0 Å². The number of hydrogen-bond donors (Lipinski definition) is 1. The molecule has 0 aliphatic rings. The summed E-state index contributed by atoms with van der Waals surface area (Å²) in [6, 6.07) is 13.9. The molecular weight excluding hydrogens is 338 g/mol. The normalized spacial score (nSPS) is 12.2. The maximum Gasteiger partial charge on any atom is 0.133 e. The first-order valence-corrected chi connectivity index (χ1v) is 7.58. The van der Waals surface area contributed by atoms with E-state index in [1.54, 1.807) is 7.11 Å². The van der Waals surface area contributed by atoms with Crippen molar-refractivity contribution in [2.75, 3.05) is 7.11 Å². The number of halogens is 2. The molecule has 0 aromatic heterocycles. The zero-order chi connectivity index (χ0) is 14.5. The predicted octanol–water partition coefficient (Wildman–Crippen LogP) is 4.22. The first kappa shape index (κ1) is 15.4. The van der Waals surface area contributed by atoms with Gasteiger partial charge in [-0.2, -0.15) is 0 Å². The topological polar surface area (TPSA) is 35.2 Å². The Morgan fingerprint density at radius 1 is 1.20 bits per heavy atom. The maximum absolute atomic E-state index is 6.22. The summed E-state index contributed by atoms with van der Waals surface area (Å²) < 4.78 is 6.17. The Bertz CT molecular complexity index is 588. The van der Waals surface area contributed by atoms with E-state index in [1.807, 2.05) is 42.5 Å². The maximum atomic E-state index is 6.22. The number of rotatable bonds is 5. The molecule has 0 amide bonds. The van der Waals surface area contributed by atoms with Crippen LogP contribution in [0.5, 0.6) is 5.75 Å². The smallest absolute Gasteiger partial charge is 0.133 e. The number of methoxy groups -OCH3 is 1. The molecule has 106 valence electrons. The van der Waals surface area contributed by atoms with Gasteiger partial charge in [0, 0.05) is 11.1 Å². The quantitative estimate of drug-likeness (QED) is 0.872. The van der Waals surface area contributed by atoms with Gasteiger partial charge in [0.2, 0.25) is 0 Å². The van der Waals surface area contributed by atoms with E-state index in [0.717, 1.165) is 33.6 Å². The van der Waals surface area contributed by atoms with E-state index in [4.69, 9.17) is 22.1 Å². The van der Waals surface area contributed by atoms with Crippen LogP contribution in [-0.2, 0) is 12.8 Å². The molecule has 0 bridgehead atoms. The summed E-state index contributed by atoms with van der Waals surface area (Å²) in [5.41, 5.74) is 8.49. The second kappa shape index (κ2) is 7.11. The largest absolute Gasteiger partial charge is 0.496 e. The van der Waals surface area contributed by atoms with Crippen LogP contribution in [0.2, 0.25) is 5.02 Å². The lowest BCUT2D eigenvalue weighted by Gasteiger charge is -2.14. The third-order valence-corrected chi connectivity index (χ3v) is 4.14. The average Bonchev–Trinajstić information content (AvgIpc) is 2.41. The van der Waals surface area contributed by atoms with Crippen LogP contribution in [0.15, 0.2) is 46.9 Å². The highest BCUT2D eigenvalue weighted by atomic mass is 79.9. The van der Waals surface area contributed by atoms with Crippen LogP contribution in [0.3, 0.4) is 0 Å². The van der Waals surface area contributed by atoms with Gasteiger partial charge in [0.1, 0.15) is 5.75 Å². The minimum Gasteiger partial charge on any atom is -0.496 e. The van der Waals surface area contributed by atoms with Gasteiger partial charge in [0.25, 0.3) is 0 Å². The summed E-state index contributed by atoms with van der Waals surface area (Å²) in [7, 11) is 1.66. The number of ether oxygens (including phenoxy) is 1. The monoisotopic (exact) mass is 353 g/mol. The van der Waals surface area contributed by atoms with Gasteiger partial charge in [-0.3, -0.25) is 0 Å². The first-order chi connectivity index (χ1) is 9.60. The Kier molecular flexibility index (Phi) is 5.46. The highest BCUT2D eigenvalue weighted by molar-refractivity contribution is 9.10. The van der Waals surface area contributed by atoms with Gasteiger partial charge >= 0.3 is 0 Å². The van der Waals surface area contributed by atoms with Crippen molar-refractivity contribution in [2.45, 2.75) is 18.9 Å². The summed E-state index contributed by atoms with van der Waals surface area (Å²) in [6.07, 6.45) is 1.57. The van der Waals surface area contributed by atoms with Gasteiger partial charge in [-0.1, -0.05) is 35.9 Å². The highest BCUT2D eigenvalue weighted by Gasteiger charge is 2.09. The Hall–Kier alpha value is -1.03. The van der Waals surface area contributed by atoms with Crippen LogP contribution in [0, 0.1) is 0 Å². The molecule has 0 fully saturated rings. The van der Waals surface area contributed by atoms with Gasteiger partial charge in [0.15, 0.2) is 0 Å². The number of hydrogen-bond acceptors (Lipinski definition) is 2. The van der Waals surface area contributed by atoms with Crippen LogP contribution >= 0.6 is 27.5 Å². The Balaban J connectivity index is 2.03. The Morgan fingerprint density at radius 2 is 1.95 bits per heavy atom. The molecule has 1 unspecified atom stereocenters.